The molecule has 7 heteroatoms. The van der Waals surface area contributed by atoms with E-state index in [1.165, 1.54) is 12.0 Å². The second-order valence-corrected chi connectivity index (χ2v) is 7.91. The molecule has 156 valence electrons. The van der Waals surface area contributed by atoms with Crippen LogP contribution in [0.3, 0.4) is 0 Å². The lowest BCUT2D eigenvalue weighted by Gasteiger charge is -2.35. The van der Waals surface area contributed by atoms with Gasteiger partial charge in [0.1, 0.15) is 6.26 Å². The predicted molar refractivity (Wildman–Crippen MR) is 118 cm³/mol. The average molecular weight is 425 g/mol. The Hall–Kier alpha value is -2.83. The zero-order chi connectivity index (χ0) is 20.9. The van der Waals surface area contributed by atoms with Gasteiger partial charge in [-0.05, 0) is 36.8 Å². The molecule has 0 radical (unpaired) electrons. The zero-order valence-corrected chi connectivity index (χ0v) is 17.7. The van der Waals surface area contributed by atoms with Crippen molar-refractivity contribution in [2.75, 3.05) is 31.1 Å². The highest BCUT2D eigenvalue weighted by atomic mass is 35.5. The van der Waals surface area contributed by atoms with Crippen molar-refractivity contribution >= 4 is 23.2 Å². The Bertz CT molecular complexity index is 966. The van der Waals surface area contributed by atoms with Crippen molar-refractivity contribution in [1.29, 1.82) is 0 Å². The Morgan fingerprint density at radius 3 is 2.50 bits per heavy atom. The van der Waals surface area contributed by atoms with Crippen molar-refractivity contribution in [3.05, 3.63) is 83.0 Å². The molecule has 2 aromatic carbocycles. The maximum atomic E-state index is 12.5. The van der Waals surface area contributed by atoms with Gasteiger partial charge in [0.2, 0.25) is 5.89 Å². The molecule has 6 nitrogen and oxygen atoms in total. The number of carbonyl (C=O) groups is 1. The molecule has 1 aromatic heterocycles. The molecule has 4 rings (SSSR count). The first kappa shape index (κ1) is 20.4. The summed E-state index contributed by atoms with van der Waals surface area (Å²) >= 11 is 5.97. The van der Waals surface area contributed by atoms with Gasteiger partial charge in [0.25, 0.3) is 5.91 Å². The number of piperazine rings is 1. The monoisotopic (exact) mass is 424 g/mol. The Morgan fingerprint density at radius 2 is 1.80 bits per heavy atom. The summed E-state index contributed by atoms with van der Waals surface area (Å²) in [5.41, 5.74) is 2.54. The van der Waals surface area contributed by atoms with E-state index in [-0.39, 0.29) is 11.9 Å². The third-order valence-corrected chi connectivity index (χ3v) is 5.61. The van der Waals surface area contributed by atoms with Crippen LogP contribution in [0.25, 0.3) is 0 Å². The second kappa shape index (κ2) is 9.32. The molecule has 1 amide bonds. The van der Waals surface area contributed by atoms with Crippen LogP contribution in [-0.2, 0) is 6.54 Å². The molecule has 1 fully saturated rings. The number of hydrogen-bond acceptors (Lipinski definition) is 5. The van der Waals surface area contributed by atoms with Crippen LogP contribution in [0.15, 0.2) is 65.3 Å². The van der Waals surface area contributed by atoms with E-state index >= 15 is 0 Å². The van der Waals surface area contributed by atoms with Gasteiger partial charge in [0, 0.05) is 36.9 Å². The largest absolute Gasteiger partial charge is 0.447 e. The molecule has 1 N–H and O–H groups in total. The van der Waals surface area contributed by atoms with Gasteiger partial charge in [-0.15, -0.1) is 0 Å². The number of aromatic nitrogens is 1. The lowest BCUT2D eigenvalue weighted by molar-refractivity contribution is 0.0934. The first-order valence-corrected chi connectivity index (χ1v) is 10.5. The van der Waals surface area contributed by atoms with Crippen LogP contribution in [0.2, 0.25) is 5.02 Å². The quantitative estimate of drug-likeness (QED) is 0.644. The minimum atomic E-state index is -0.228. The first-order valence-electron chi connectivity index (χ1n) is 10.1. The van der Waals surface area contributed by atoms with E-state index < -0.39 is 0 Å². The molecule has 0 unspecified atom stereocenters. The summed E-state index contributed by atoms with van der Waals surface area (Å²) in [4.78, 5) is 21.5. The molecule has 1 aliphatic heterocycles. The normalized spacial score (nSPS) is 15.7. The SMILES string of the molecule is C[C@@H](NC(=O)c1coc(CN2CCN(c3ccc(Cl)cc3)CC2)n1)c1ccccc1. The van der Waals surface area contributed by atoms with Crippen LogP contribution >= 0.6 is 11.6 Å². The Kier molecular flexibility index (Phi) is 6.35. The van der Waals surface area contributed by atoms with Crippen LogP contribution in [0, 0.1) is 0 Å². The summed E-state index contributed by atoms with van der Waals surface area (Å²) in [6.07, 6.45) is 1.44. The fourth-order valence-corrected chi connectivity index (χ4v) is 3.72. The number of nitrogens with zero attached hydrogens (tertiary/aromatic N) is 3. The van der Waals surface area contributed by atoms with E-state index in [9.17, 15) is 4.79 Å². The number of halogens is 1. The van der Waals surface area contributed by atoms with E-state index in [4.69, 9.17) is 16.0 Å². The third-order valence-electron chi connectivity index (χ3n) is 5.35. The van der Waals surface area contributed by atoms with Crippen molar-refractivity contribution < 1.29 is 9.21 Å². The number of hydrogen-bond donors (Lipinski definition) is 1. The Morgan fingerprint density at radius 1 is 1.10 bits per heavy atom. The van der Waals surface area contributed by atoms with Crippen molar-refractivity contribution in [2.45, 2.75) is 19.5 Å². The number of anilines is 1. The summed E-state index contributed by atoms with van der Waals surface area (Å²) in [7, 11) is 0. The lowest BCUT2D eigenvalue weighted by Crippen LogP contribution is -2.46. The minimum absolute atomic E-state index is 0.0974. The van der Waals surface area contributed by atoms with Gasteiger partial charge in [0.05, 0.1) is 12.6 Å². The molecule has 0 saturated carbocycles. The molecule has 1 saturated heterocycles. The Balaban J connectivity index is 1.28. The van der Waals surface area contributed by atoms with Gasteiger partial charge in [0.15, 0.2) is 5.69 Å². The van der Waals surface area contributed by atoms with Gasteiger partial charge in [-0.2, -0.15) is 0 Å². The van der Waals surface area contributed by atoms with Crippen molar-refractivity contribution in [3.8, 4) is 0 Å². The molecule has 3 aromatic rings. The van der Waals surface area contributed by atoms with Crippen molar-refractivity contribution in [1.82, 2.24) is 15.2 Å². The highest BCUT2D eigenvalue weighted by Crippen LogP contribution is 2.20. The van der Waals surface area contributed by atoms with E-state index in [2.05, 4.69) is 20.1 Å². The maximum Gasteiger partial charge on any atom is 0.273 e. The van der Waals surface area contributed by atoms with E-state index in [1.54, 1.807) is 0 Å². The van der Waals surface area contributed by atoms with Crippen LogP contribution in [0.4, 0.5) is 5.69 Å². The van der Waals surface area contributed by atoms with Gasteiger partial charge in [-0.1, -0.05) is 41.9 Å². The number of nitrogens with one attached hydrogen (secondary N) is 1. The van der Waals surface area contributed by atoms with Crippen LogP contribution in [0.5, 0.6) is 0 Å². The Labute approximate surface area is 181 Å². The smallest absolute Gasteiger partial charge is 0.273 e. The molecule has 2 heterocycles. The summed E-state index contributed by atoms with van der Waals surface area (Å²) in [6, 6.07) is 17.7. The fourth-order valence-electron chi connectivity index (χ4n) is 3.59. The van der Waals surface area contributed by atoms with Crippen LogP contribution in [-0.4, -0.2) is 42.0 Å². The van der Waals surface area contributed by atoms with E-state index in [0.29, 0.717) is 18.1 Å². The topological polar surface area (TPSA) is 61.6 Å². The highest BCUT2D eigenvalue weighted by molar-refractivity contribution is 6.30. The van der Waals surface area contributed by atoms with Gasteiger partial charge in [-0.25, -0.2) is 4.98 Å². The van der Waals surface area contributed by atoms with E-state index in [1.807, 2.05) is 61.5 Å². The summed E-state index contributed by atoms with van der Waals surface area (Å²) < 4.78 is 5.56. The number of carbonyl (C=O) groups excluding carboxylic acids is 1. The zero-order valence-electron chi connectivity index (χ0n) is 16.9. The number of rotatable bonds is 6. The minimum Gasteiger partial charge on any atom is -0.447 e. The van der Waals surface area contributed by atoms with E-state index in [0.717, 1.165) is 36.8 Å². The first-order chi connectivity index (χ1) is 14.6. The average Bonchev–Trinajstić information content (AvgIpc) is 3.24. The van der Waals surface area contributed by atoms with Crippen molar-refractivity contribution in [3.63, 3.8) is 0 Å². The maximum absolute atomic E-state index is 12.5. The molecular weight excluding hydrogens is 400 g/mol. The number of benzene rings is 2. The fraction of sp³-hybridized carbons (Fsp3) is 0.304. The molecule has 0 spiro atoms. The summed E-state index contributed by atoms with van der Waals surface area (Å²) in [5, 5.41) is 3.72. The predicted octanol–water partition coefficient (Wildman–Crippen LogP) is 4.14. The van der Waals surface area contributed by atoms with Crippen molar-refractivity contribution in [2.24, 2.45) is 0 Å². The van der Waals surface area contributed by atoms with Gasteiger partial charge >= 0.3 is 0 Å². The molecule has 1 atom stereocenters. The van der Waals surface area contributed by atoms with Gasteiger partial charge < -0.3 is 14.6 Å². The number of amides is 1. The second-order valence-electron chi connectivity index (χ2n) is 7.47. The van der Waals surface area contributed by atoms with Gasteiger partial charge in [-0.3, -0.25) is 9.69 Å². The molecule has 1 aliphatic rings. The lowest BCUT2D eigenvalue weighted by atomic mass is 10.1. The number of oxazole rings is 1. The molecular formula is C23H25ClN4O2. The summed E-state index contributed by atoms with van der Waals surface area (Å²) in [5.74, 6) is 0.335. The standard InChI is InChI=1S/C23H25ClN4O2/c1-17(18-5-3-2-4-6-18)25-23(29)21-16-30-22(26-21)15-27-11-13-28(14-12-27)20-9-7-19(24)8-10-20/h2-10,16-17H,11-15H2,1H3,(H,25,29)/t17-/m1/s1. The molecule has 30 heavy (non-hydrogen) atoms. The molecule has 0 aliphatic carbocycles. The highest BCUT2D eigenvalue weighted by Gasteiger charge is 2.20. The van der Waals surface area contributed by atoms with Crippen LogP contribution < -0.4 is 10.2 Å². The molecule has 0 bridgehead atoms. The van der Waals surface area contributed by atoms with Crippen LogP contribution in [0.1, 0.15) is 34.9 Å². The third kappa shape index (κ3) is 5.01. The summed E-state index contributed by atoms with van der Waals surface area (Å²) in [6.45, 7) is 6.19.